The molecule has 140 valence electrons. The molecule has 0 spiro atoms. The minimum Gasteiger partial charge on any atom is -0.496 e. The highest BCUT2D eigenvalue weighted by molar-refractivity contribution is 5.88. The van der Waals surface area contributed by atoms with E-state index in [1.165, 1.54) is 5.56 Å². The molecule has 1 aromatic rings. The van der Waals surface area contributed by atoms with Crippen LogP contribution in [0.2, 0.25) is 0 Å². The molecule has 3 rings (SSSR count). The fourth-order valence-electron chi connectivity index (χ4n) is 4.30. The van der Waals surface area contributed by atoms with E-state index in [2.05, 4.69) is 43.1 Å². The van der Waals surface area contributed by atoms with Gasteiger partial charge in [-0.2, -0.15) is 0 Å². The number of hydrogen-bond acceptors (Lipinski definition) is 4. The molecule has 0 saturated carbocycles. The normalized spacial score (nSPS) is 26.3. The van der Waals surface area contributed by atoms with Crippen molar-refractivity contribution in [3.05, 3.63) is 52.8 Å². The Balaban J connectivity index is 1.92. The summed E-state index contributed by atoms with van der Waals surface area (Å²) in [7, 11) is 3.87. The summed E-state index contributed by atoms with van der Waals surface area (Å²) in [5.41, 5.74) is 3.25. The van der Waals surface area contributed by atoms with Gasteiger partial charge < -0.3 is 9.47 Å². The van der Waals surface area contributed by atoms with E-state index in [0.29, 0.717) is 5.57 Å². The van der Waals surface area contributed by atoms with Gasteiger partial charge in [0.15, 0.2) is 0 Å². The molecule has 0 bridgehead atoms. The van der Waals surface area contributed by atoms with Gasteiger partial charge in [0.1, 0.15) is 11.5 Å². The number of aryl methyl sites for hydroxylation is 1. The summed E-state index contributed by atoms with van der Waals surface area (Å²) in [6.45, 7) is 6.78. The zero-order valence-electron chi connectivity index (χ0n) is 16.5. The third kappa shape index (κ3) is 3.18. The molecule has 0 N–H and O–H groups in total. The van der Waals surface area contributed by atoms with Gasteiger partial charge >= 0.3 is 5.97 Å². The zero-order chi connectivity index (χ0) is 18.9. The molecule has 1 saturated heterocycles. The third-order valence-corrected chi connectivity index (χ3v) is 6.06. The number of likely N-dealkylation sites (N-methyl/N-ethyl adjacent to an activating group) is 1. The second-order valence-electron chi connectivity index (χ2n) is 7.51. The van der Waals surface area contributed by atoms with Crippen LogP contribution in [0.1, 0.15) is 44.2 Å². The smallest absolute Gasteiger partial charge is 0.338 e. The van der Waals surface area contributed by atoms with Crippen molar-refractivity contribution in [1.29, 1.82) is 0 Å². The van der Waals surface area contributed by atoms with Gasteiger partial charge in [-0.3, -0.25) is 4.90 Å². The van der Waals surface area contributed by atoms with E-state index < -0.39 is 0 Å². The first-order valence-electron chi connectivity index (χ1n) is 9.32. The number of likely N-dealkylation sites (tertiary alicyclic amines) is 1. The fourth-order valence-corrected chi connectivity index (χ4v) is 4.30. The first kappa shape index (κ1) is 18.7. The summed E-state index contributed by atoms with van der Waals surface area (Å²) >= 11 is 0. The van der Waals surface area contributed by atoms with Crippen molar-refractivity contribution in [1.82, 2.24) is 4.90 Å². The number of esters is 1. The van der Waals surface area contributed by atoms with Gasteiger partial charge in [-0.25, -0.2) is 4.79 Å². The topological polar surface area (TPSA) is 38.8 Å². The van der Waals surface area contributed by atoms with Crippen LogP contribution in [0, 0.1) is 6.92 Å². The van der Waals surface area contributed by atoms with E-state index in [-0.39, 0.29) is 17.4 Å². The number of fused-ring (bicyclic) bond motifs is 1. The Morgan fingerprint density at radius 3 is 2.77 bits per heavy atom. The second kappa shape index (κ2) is 7.28. The lowest BCUT2D eigenvalue weighted by atomic mass is 9.68. The van der Waals surface area contributed by atoms with Crippen LogP contribution in [-0.4, -0.2) is 37.6 Å². The van der Waals surface area contributed by atoms with Crippen LogP contribution >= 0.6 is 0 Å². The van der Waals surface area contributed by atoms with Crippen molar-refractivity contribution in [2.24, 2.45) is 0 Å². The van der Waals surface area contributed by atoms with Gasteiger partial charge in [-0.05, 0) is 70.5 Å². The minimum atomic E-state index is -0.243. The van der Waals surface area contributed by atoms with E-state index >= 15 is 0 Å². The van der Waals surface area contributed by atoms with Crippen LogP contribution in [0.15, 0.2) is 41.7 Å². The summed E-state index contributed by atoms with van der Waals surface area (Å²) in [6, 6.07) is 6.79. The van der Waals surface area contributed by atoms with E-state index in [1.807, 2.05) is 6.92 Å². The Hall–Kier alpha value is -2.07. The van der Waals surface area contributed by atoms with Crippen molar-refractivity contribution in [3.63, 3.8) is 0 Å². The lowest BCUT2D eigenvalue weighted by molar-refractivity contribution is -0.135. The molecule has 4 heteroatoms. The molecule has 0 aromatic heterocycles. The molecule has 2 atom stereocenters. The first-order valence-corrected chi connectivity index (χ1v) is 9.32. The predicted octanol–water partition coefficient (Wildman–Crippen LogP) is 4.13. The van der Waals surface area contributed by atoms with Gasteiger partial charge in [-0.15, -0.1) is 0 Å². The largest absolute Gasteiger partial charge is 0.496 e. The van der Waals surface area contributed by atoms with Crippen LogP contribution in [0.3, 0.4) is 0 Å². The summed E-state index contributed by atoms with van der Waals surface area (Å²) in [5.74, 6) is 1.49. The monoisotopic (exact) mass is 355 g/mol. The number of hydrogen-bond donors (Lipinski definition) is 0. The number of nitrogens with zero attached hydrogens (tertiary/aromatic N) is 1. The molecule has 1 heterocycles. The van der Waals surface area contributed by atoms with Crippen LogP contribution in [0.4, 0.5) is 0 Å². The average molecular weight is 355 g/mol. The van der Waals surface area contributed by atoms with Gasteiger partial charge in [-0.1, -0.05) is 18.2 Å². The number of carbonyl (C=O) groups is 1. The van der Waals surface area contributed by atoms with E-state index in [1.54, 1.807) is 20.1 Å². The molecule has 1 aliphatic heterocycles. The number of methoxy groups -OCH3 is 1. The maximum absolute atomic E-state index is 12.1. The Morgan fingerprint density at radius 1 is 1.35 bits per heavy atom. The summed E-state index contributed by atoms with van der Waals surface area (Å²) in [6.07, 6.45) is 6.85. The maximum atomic E-state index is 12.1. The summed E-state index contributed by atoms with van der Waals surface area (Å²) < 4.78 is 11.1. The number of benzene rings is 1. The molecule has 1 aliphatic carbocycles. The van der Waals surface area contributed by atoms with E-state index in [4.69, 9.17) is 9.47 Å². The van der Waals surface area contributed by atoms with E-state index in [9.17, 15) is 4.79 Å². The summed E-state index contributed by atoms with van der Waals surface area (Å²) in [5, 5.41) is 0. The van der Waals surface area contributed by atoms with Gasteiger partial charge in [0.25, 0.3) is 0 Å². The number of rotatable bonds is 4. The highest BCUT2D eigenvalue weighted by Crippen LogP contribution is 2.48. The van der Waals surface area contributed by atoms with Crippen molar-refractivity contribution in [2.75, 3.05) is 20.7 Å². The molecule has 0 radical (unpaired) electrons. The molecule has 0 unspecified atom stereocenters. The van der Waals surface area contributed by atoms with Crippen molar-refractivity contribution >= 4 is 5.97 Å². The number of allylic oxidation sites excluding steroid dienone is 2. The number of carbonyl (C=O) groups excluding carboxylic acids is 1. The molecular formula is C22H29NO3. The Morgan fingerprint density at radius 2 is 2.12 bits per heavy atom. The standard InChI is InChI=1S/C22H29NO3/c1-6-15(2)21(24)26-18-9-10-22(11-12-23(4)20(22)14-18)17-7-8-19(25-5)16(3)13-17/h6-8,13-14,20H,9-12H2,1-5H3/b15-6+/t20-,22-/m0/s1. The lowest BCUT2D eigenvalue weighted by Gasteiger charge is -2.40. The number of ether oxygens (including phenoxy) is 2. The van der Waals surface area contributed by atoms with Crippen molar-refractivity contribution in [3.8, 4) is 5.75 Å². The molecule has 1 fully saturated rings. The Kier molecular flexibility index (Phi) is 5.24. The molecule has 2 aliphatic rings. The first-order chi connectivity index (χ1) is 12.4. The summed E-state index contributed by atoms with van der Waals surface area (Å²) in [4.78, 5) is 14.5. The molecule has 0 amide bonds. The van der Waals surface area contributed by atoms with Crippen LogP contribution in [0.25, 0.3) is 0 Å². The van der Waals surface area contributed by atoms with Gasteiger partial charge in [0.05, 0.1) is 7.11 Å². The van der Waals surface area contributed by atoms with Gasteiger partial charge in [0.2, 0.25) is 0 Å². The third-order valence-electron chi connectivity index (χ3n) is 6.06. The van der Waals surface area contributed by atoms with Crippen LogP contribution in [0.5, 0.6) is 5.75 Å². The predicted molar refractivity (Wildman–Crippen MR) is 103 cm³/mol. The van der Waals surface area contributed by atoms with Crippen LogP contribution < -0.4 is 4.74 Å². The van der Waals surface area contributed by atoms with Crippen molar-refractivity contribution < 1.29 is 14.3 Å². The van der Waals surface area contributed by atoms with Gasteiger partial charge in [0, 0.05) is 23.5 Å². The SMILES string of the molecule is C/C=C(\C)C(=O)OC1=C[C@@H]2N(C)CC[C@]2(c2ccc(OC)c(C)c2)CC1. The molecule has 26 heavy (non-hydrogen) atoms. The lowest BCUT2D eigenvalue weighted by Crippen LogP contribution is -2.42. The zero-order valence-corrected chi connectivity index (χ0v) is 16.5. The second-order valence-corrected chi connectivity index (χ2v) is 7.51. The Labute approximate surface area is 156 Å². The van der Waals surface area contributed by atoms with Crippen LogP contribution in [-0.2, 0) is 14.9 Å². The highest BCUT2D eigenvalue weighted by Gasteiger charge is 2.48. The molecular weight excluding hydrogens is 326 g/mol. The fraction of sp³-hybridized carbons (Fsp3) is 0.500. The van der Waals surface area contributed by atoms with Crippen molar-refractivity contribution in [2.45, 2.75) is 51.5 Å². The maximum Gasteiger partial charge on any atom is 0.338 e. The molecule has 1 aromatic carbocycles. The van der Waals surface area contributed by atoms with E-state index in [0.717, 1.165) is 42.9 Å². The highest BCUT2D eigenvalue weighted by atomic mass is 16.5. The molecule has 4 nitrogen and oxygen atoms in total. The quantitative estimate of drug-likeness (QED) is 0.601. The average Bonchev–Trinajstić information content (AvgIpc) is 2.98. The Bertz CT molecular complexity index is 765. The minimum absolute atomic E-state index is 0.0807.